The molecule has 2 amide bonds. The van der Waals surface area contributed by atoms with Crippen LogP contribution in [-0.2, 0) is 20.9 Å². The fourth-order valence-corrected chi connectivity index (χ4v) is 9.97. The number of aliphatic hydroxyl groups excluding tert-OH is 2. The lowest BCUT2D eigenvalue weighted by atomic mass is 9.55. The van der Waals surface area contributed by atoms with Crippen LogP contribution in [0.4, 0.5) is 14.0 Å². The van der Waals surface area contributed by atoms with Crippen LogP contribution >= 0.6 is 0 Å². The molecule has 2 aromatic carbocycles. The molecule has 1 saturated carbocycles. The van der Waals surface area contributed by atoms with Crippen molar-refractivity contribution in [2.45, 2.75) is 140 Å². The maximum absolute atomic E-state index is 14.1. The predicted octanol–water partition coefficient (Wildman–Crippen LogP) is 10.4. The number of benzene rings is 2. The van der Waals surface area contributed by atoms with E-state index < -0.39 is 35.8 Å². The van der Waals surface area contributed by atoms with Crippen molar-refractivity contribution in [3.05, 3.63) is 83.7 Å². The summed E-state index contributed by atoms with van der Waals surface area (Å²) in [4.78, 5) is 34.3. The van der Waals surface area contributed by atoms with E-state index in [1.807, 2.05) is 6.07 Å². The van der Waals surface area contributed by atoms with E-state index in [0.717, 1.165) is 56.1 Å². The average Bonchev–Trinajstić information content (AvgIpc) is 3.28. The normalized spacial score (nSPS) is 22.9. The van der Waals surface area contributed by atoms with Crippen LogP contribution in [0.5, 0.6) is 11.5 Å². The largest absolute Gasteiger partial charge is 0.459 e. The Morgan fingerprint density at radius 1 is 0.937 bits per heavy atom. The summed E-state index contributed by atoms with van der Waals surface area (Å²) in [5.41, 5.74) is 2.98. The van der Waals surface area contributed by atoms with Gasteiger partial charge in [0.05, 0.1) is 25.3 Å². The number of carbonyl (C=O) groups is 2. The summed E-state index contributed by atoms with van der Waals surface area (Å²) in [7, 11) is 2.81. The van der Waals surface area contributed by atoms with Crippen LogP contribution in [-0.4, -0.2) is 85.4 Å². The monoisotopic (exact) mass is 878 g/mol. The maximum Gasteiger partial charge on any atom is 0.412 e. The Morgan fingerprint density at radius 2 is 1.62 bits per heavy atom. The van der Waals surface area contributed by atoms with Gasteiger partial charge in [0.15, 0.2) is 0 Å². The Labute approximate surface area is 374 Å². The highest BCUT2D eigenvalue weighted by molar-refractivity contribution is 6.03. The van der Waals surface area contributed by atoms with E-state index in [-0.39, 0.29) is 50.5 Å². The lowest BCUT2D eigenvalue weighted by Crippen LogP contribution is -2.70. The Kier molecular flexibility index (Phi) is 20.2. The molecule has 3 N–H and O–H groups in total. The number of oxime groups is 1. The zero-order valence-corrected chi connectivity index (χ0v) is 37.9. The van der Waals surface area contributed by atoms with Crippen molar-refractivity contribution < 1.29 is 48.0 Å². The van der Waals surface area contributed by atoms with Crippen LogP contribution in [0.1, 0.15) is 133 Å². The van der Waals surface area contributed by atoms with Crippen LogP contribution < -0.4 is 14.8 Å². The zero-order chi connectivity index (χ0) is 45.0. The molecule has 63 heavy (non-hydrogen) atoms. The molecule has 0 aromatic heterocycles. The van der Waals surface area contributed by atoms with Gasteiger partial charge in [0.1, 0.15) is 30.5 Å². The van der Waals surface area contributed by atoms with Gasteiger partial charge in [-0.1, -0.05) is 107 Å². The Morgan fingerprint density at radius 3 is 2.27 bits per heavy atom. The number of ether oxygens (including phenoxy) is 4. The first-order valence-corrected chi connectivity index (χ1v) is 23.4. The summed E-state index contributed by atoms with van der Waals surface area (Å²) in [6.07, 6.45) is 19.3. The minimum atomic E-state index is -1.52. The first-order valence-electron chi connectivity index (χ1n) is 23.4. The zero-order valence-electron chi connectivity index (χ0n) is 37.9. The molecule has 1 fully saturated rings. The van der Waals surface area contributed by atoms with Crippen molar-refractivity contribution in [1.82, 2.24) is 10.2 Å². The first-order chi connectivity index (χ1) is 30.7. The lowest BCUT2D eigenvalue weighted by molar-refractivity contribution is -0.256. The van der Waals surface area contributed by atoms with Crippen LogP contribution in [0.25, 0.3) is 0 Å². The van der Waals surface area contributed by atoms with Gasteiger partial charge < -0.3 is 39.3 Å². The van der Waals surface area contributed by atoms with Crippen LogP contribution in [0.2, 0.25) is 0 Å². The number of allylic oxidation sites excluding steroid dienone is 1. The minimum absolute atomic E-state index is 0.0232. The smallest absolute Gasteiger partial charge is 0.412 e. The second-order valence-electron chi connectivity index (χ2n) is 17.2. The highest BCUT2D eigenvalue weighted by atomic mass is 19.1. The van der Waals surface area contributed by atoms with E-state index in [1.54, 1.807) is 35.2 Å². The molecule has 0 bridgehead atoms. The van der Waals surface area contributed by atoms with Gasteiger partial charge >= 0.3 is 12.2 Å². The highest BCUT2D eigenvalue weighted by Gasteiger charge is 2.65. The third-order valence-corrected chi connectivity index (χ3v) is 12.9. The SMILES string of the molecule is C=CCOC12Oc3ccc(OC(=O)NCCCCCCCCCCCC)cc3C3C(CCCCO)C(CCCCO)C=C(C(=NOC)CC1N(Cc1ccc(F)cc1)C(=O)OC)C32. The van der Waals surface area contributed by atoms with Crippen molar-refractivity contribution in [2.75, 3.05) is 40.6 Å². The number of amides is 2. The lowest BCUT2D eigenvalue weighted by Gasteiger charge is -2.59. The molecule has 2 aromatic rings. The fraction of sp³-hybridized carbons (Fsp3) is 0.620. The highest BCUT2D eigenvalue weighted by Crippen LogP contribution is 2.62. The topological polar surface area (TPSA) is 148 Å². The number of nitrogens with zero attached hydrogens (tertiary/aromatic N) is 2. The summed E-state index contributed by atoms with van der Waals surface area (Å²) in [6, 6.07) is 10.5. The van der Waals surface area contributed by atoms with Gasteiger partial charge in [-0.25, -0.2) is 14.0 Å². The second kappa shape index (κ2) is 25.7. The molecular formula is C50H72FN3O9. The number of aliphatic hydroxyl groups is 2. The summed E-state index contributed by atoms with van der Waals surface area (Å²) in [5, 5.41) is 27.3. The van der Waals surface area contributed by atoms with Crippen LogP contribution in [0.15, 0.2) is 71.9 Å². The number of halogens is 1. The molecule has 348 valence electrons. The number of hydrogen-bond donors (Lipinski definition) is 3. The molecule has 6 unspecified atom stereocenters. The van der Waals surface area contributed by atoms with Gasteiger partial charge in [-0.2, -0.15) is 0 Å². The molecule has 0 radical (unpaired) electrons. The van der Waals surface area contributed by atoms with E-state index in [1.165, 1.54) is 71.3 Å². The molecule has 5 rings (SSSR count). The van der Waals surface area contributed by atoms with E-state index in [2.05, 4.69) is 30.1 Å². The van der Waals surface area contributed by atoms with Crippen molar-refractivity contribution in [1.29, 1.82) is 0 Å². The molecule has 1 heterocycles. The maximum atomic E-state index is 14.1. The van der Waals surface area contributed by atoms with Crippen molar-refractivity contribution in [3.63, 3.8) is 0 Å². The summed E-state index contributed by atoms with van der Waals surface area (Å²) >= 11 is 0. The Balaban J connectivity index is 1.53. The number of fused-ring (bicyclic) bond motifs is 2. The number of hydrogen-bond acceptors (Lipinski definition) is 10. The number of unbranched alkanes of at least 4 members (excludes halogenated alkanes) is 11. The van der Waals surface area contributed by atoms with Gasteiger partial charge in [-0.15, -0.1) is 6.58 Å². The van der Waals surface area contributed by atoms with Gasteiger partial charge in [0.25, 0.3) is 0 Å². The average molecular weight is 878 g/mol. The summed E-state index contributed by atoms with van der Waals surface area (Å²) < 4.78 is 39.6. The third-order valence-electron chi connectivity index (χ3n) is 12.9. The van der Waals surface area contributed by atoms with E-state index in [9.17, 15) is 24.2 Å². The van der Waals surface area contributed by atoms with Gasteiger partial charge in [-0.3, -0.25) is 4.90 Å². The summed E-state index contributed by atoms with van der Waals surface area (Å²) in [6.45, 7) is 7.00. The third kappa shape index (κ3) is 13.1. The van der Waals surface area contributed by atoms with E-state index in [0.29, 0.717) is 42.2 Å². The molecule has 3 aliphatic rings. The molecule has 2 aliphatic carbocycles. The van der Waals surface area contributed by atoms with Crippen molar-refractivity contribution in [3.8, 4) is 11.5 Å². The van der Waals surface area contributed by atoms with Crippen molar-refractivity contribution in [2.24, 2.45) is 22.9 Å². The second-order valence-corrected chi connectivity index (χ2v) is 17.2. The minimum Gasteiger partial charge on any atom is -0.459 e. The predicted molar refractivity (Wildman–Crippen MR) is 242 cm³/mol. The van der Waals surface area contributed by atoms with Gasteiger partial charge in [0, 0.05) is 44.2 Å². The van der Waals surface area contributed by atoms with Crippen LogP contribution in [0, 0.1) is 23.6 Å². The Bertz CT molecular complexity index is 1810. The van der Waals surface area contributed by atoms with Crippen LogP contribution in [0.3, 0.4) is 0 Å². The number of rotatable bonds is 27. The number of methoxy groups -OCH3 is 1. The first kappa shape index (κ1) is 49.6. The summed E-state index contributed by atoms with van der Waals surface area (Å²) in [5.74, 6) is -1.91. The molecular weight excluding hydrogens is 806 g/mol. The van der Waals surface area contributed by atoms with Crippen molar-refractivity contribution >= 4 is 17.9 Å². The van der Waals surface area contributed by atoms with E-state index in [4.69, 9.17) is 23.8 Å². The van der Waals surface area contributed by atoms with Gasteiger partial charge in [-0.05, 0) is 85.4 Å². The van der Waals surface area contributed by atoms with E-state index >= 15 is 0 Å². The fourth-order valence-electron chi connectivity index (χ4n) is 9.97. The molecule has 1 aliphatic heterocycles. The molecule has 0 spiro atoms. The quantitative estimate of drug-likeness (QED) is 0.0453. The molecule has 12 nitrogen and oxygen atoms in total. The van der Waals surface area contributed by atoms with Gasteiger partial charge in [0.2, 0.25) is 5.79 Å². The Hall–Kier alpha value is -4.46. The standard InChI is InChI=1S/C50H72FN3O9/c1-5-7-8-9-10-11-12-13-14-17-28-52-48(57)62-39-26-27-44-42(33-39)46-40(21-16-19-30-56)37(20-15-18-29-55)32-41-43(53-60-4)34-45(50(63-44,47(41)46)61-31-6-2)54(49(58)59-3)35-36-22-24-38(51)25-23-36/h6,22-27,32-33,37,40,45-47,55-56H,2,5,7-21,28-31,34-35H2,1,3-4H3,(H,52,57). The molecule has 0 saturated heterocycles. The number of carbonyl (C=O) groups excluding carboxylic acids is 2. The molecule has 6 atom stereocenters. The molecule has 13 heteroatoms. The number of nitrogens with one attached hydrogen (secondary N) is 1.